The minimum absolute atomic E-state index is 0.251. The number of hydrogen-bond donors (Lipinski definition) is 1. The first kappa shape index (κ1) is 11.2. The van der Waals surface area contributed by atoms with Crippen LogP contribution in [0.15, 0.2) is 12.3 Å². The first-order valence-electron chi connectivity index (χ1n) is 5.11. The van der Waals surface area contributed by atoms with Crippen molar-refractivity contribution in [3.05, 3.63) is 17.8 Å². The molecule has 1 aromatic rings. The average molecular weight is 238 g/mol. The van der Waals surface area contributed by atoms with Crippen LogP contribution in [0.5, 0.6) is 0 Å². The van der Waals surface area contributed by atoms with Crippen LogP contribution in [-0.2, 0) is 4.74 Å². The second-order valence-electron chi connectivity index (χ2n) is 3.73. The van der Waals surface area contributed by atoms with Gasteiger partial charge in [-0.05, 0) is 12.5 Å². The molecular weight excluding hydrogens is 224 g/mol. The Morgan fingerprint density at radius 2 is 2.50 bits per heavy atom. The van der Waals surface area contributed by atoms with Crippen LogP contribution < -0.4 is 10.6 Å². The van der Waals surface area contributed by atoms with Gasteiger partial charge in [0.25, 0.3) is 0 Å². The van der Waals surface area contributed by atoms with Crippen LogP contribution in [0.1, 0.15) is 12.0 Å². The first-order valence-corrected chi connectivity index (χ1v) is 5.52. The molecule has 1 aliphatic rings. The molecule has 0 aromatic carbocycles. The first-order chi connectivity index (χ1) is 7.72. The van der Waals surface area contributed by atoms with Crippen LogP contribution in [0.25, 0.3) is 0 Å². The topological polar surface area (TPSA) is 64.3 Å². The summed E-state index contributed by atoms with van der Waals surface area (Å²) in [7, 11) is 1.72. The van der Waals surface area contributed by atoms with Gasteiger partial charge in [-0.3, -0.25) is 0 Å². The highest BCUT2D eigenvalue weighted by Gasteiger charge is 2.25. The van der Waals surface area contributed by atoms with Crippen molar-refractivity contribution in [2.75, 3.05) is 25.1 Å². The van der Waals surface area contributed by atoms with E-state index in [-0.39, 0.29) is 6.10 Å². The Morgan fingerprint density at radius 1 is 1.69 bits per heavy atom. The Kier molecular flexibility index (Phi) is 3.31. The fourth-order valence-electron chi connectivity index (χ4n) is 1.86. The molecule has 1 atom stereocenters. The number of rotatable bonds is 3. The van der Waals surface area contributed by atoms with Crippen LogP contribution in [0.2, 0.25) is 0 Å². The summed E-state index contributed by atoms with van der Waals surface area (Å²) >= 11 is 4.99. The van der Waals surface area contributed by atoms with Gasteiger partial charge >= 0.3 is 0 Å². The minimum atomic E-state index is 0.251. The molecule has 0 radical (unpaired) electrons. The number of ether oxygens (including phenoxy) is 1. The molecular formula is C10H14N4OS. The molecule has 16 heavy (non-hydrogen) atoms. The zero-order valence-corrected chi connectivity index (χ0v) is 9.91. The van der Waals surface area contributed by atoms with Gasteiger partial charge in [0.2, 0.25) is 0 Å². The monoisotopic (exact) mass is 238 g/mol. The van der Waals surface area contributed by atoms with Crippen molar-refractivity contribution in [1.29, 1.82) is 0 Å². The van der Waals surface area contributed by atoms with Crippen molar-refractivity contribution >= 4 is 23.0 Å². The molecule has 1 saturated heterocycles. The fraction of sp³-hybridized carbons (Fsp3) is 0.500. The van der Waals surface area contributed by atoms with Gasteiger partial charge in [-0.1, -0.05) is 12.2 Å². The van der Waals surface area contributed by atoms with Gasteiger partial charge in [-0.25, -0.2) is 0 Å². The minimum Gasteiger partial charge on any atom is -0.389 e. The van der Waals surface area contributed by atoms with E-state index in [0.717, 1.165) is 30.9 Å². The lowest BCUT2D eigenvalue weighted by atomic mass is 10.2. The number of methoxy groups -OCH3 is 1. The molecule has 6 heteroatoms. The van der Waals surface area contributed by atoms with Crippen molar-refractivity contribution in [2.45, 2.75) is 12.5 Å². The van der Waals surface area contributed by atoms with Crippen LogP contribution in [-0.4, -0.2) is 41.5 Å². The summed E-state index contributed by atoms with van der Waals surface area (Å²) in [5.41, 5.74) is 6.43. The summed E-state index contributed by atoms with van der Waals surface area (Å²) in [6, 6.07) is 1.80. The van der Waals surface area contributed by atoms with Crippen molar-refractivity contribution < 1.29 is 4.74 Å². The van der Waals surface area contributed by atoms with Gasteiger partial charge in [-0.15, -0.1) is 5.10 Å². The van der Waals surface area contributed by atoms with Crippen molar-refractivity contribution in [3.8, 4) is 0 Å². The summed E-state index contributed by atoms with van der Waals surface area (Å²) in [5.74, 6) is 0.759. The lowest BCUT2D eigenvalue weighted by Gasteiger charge is -2.18. The largest absolute Gasteiger partial charge is 0.389 e. The lowest BCUT2D eigenvalue weighted by Crippen LogP contribution is -2.26. The van der Waals surface area contributed by atoms with Crippen molar-refractivity contribution in [1.82, 2.24) is 10.2 Å². The van der Waals surface area contributed by atoms with E-state index >= 15 is 0 Å². The molecule has 0 amide bonds. The number of aromatic nitrogens is 2. The third-order valence-corrected chi connectivity index (χ3v) is 2.96. The Morgan fingerprint density at radius 3 is 3.12 bits per heavy atom. The van der Waals surface area contributed by atoms with E-state index in [1.165, 1.54) is 0 Å². The molecule has 5 nitrogen and oxygen atoms in total. The number of nitrogens with zero attached hydrogens (tertiary/aromatic N) is 3. The predicted molar refractivity (Wildman–Crippen MR) is 65.5 cm³/mol. The van der Waals surface area contributed by atoms with E-state index in [2.05, 4.69) is 15.1 Å². The van der Waals surface area contributed by atoms with Crippen LogP contribution in [0.3, 0.4) is 0 Å². The maximum Gasteiger partial charge on any atom is 0.161 e. The normalized spacial score (nSPS) is 20.1. The summed E-state index contributed by atoms with van der Waals surface area (Å²) in [5, 5.41) is 7.98. The van der Waals surface area contributed by atoms with Gasteiger partial charge in [0.05, 0.1) is 17.9 Å². The third-order valence-electron chi connectivity index (χ3n) is 2.74. The number of hydrogen-bond acceptors (Lipinski definition) is 5. The zero-order chi connectivity index (χ0) is 11.5. The van der Waals surface area contributed by atoms with E-state index in [9.17, 15) is 0 Å². The third kappa shape index (κ3) is 2.12. The second kappa shape index (κ2) is 4.71. The SMILES string of the molecule is COC1CCN(c2nnccc2C(N)=S)C1. The quantitative estimate of drug-likeness (QED) is 0.766. The molecule has 0 aliphatic carbocycles. The zero-order valence-electron chi connectivity index (χ0n) is 9.09. The Bertz CT molecular complexity index is 398. The number of anilines is 1. The number of thiocarbonyl (C=S) groups is 1. The molecule has 2 N–H and O–H groups in total. The Hall–Kier alpha value is -1.27. The van der Waals surface area contributed by atoms with Crippen LogP contribution in [0, 0.1) is 0 Å². The van der Waals surface area contributed by atoms with Gasteiger partial charge in [0.1, 0.15) is 4.99 Å². The summed E-state index contributed by atoms with van der Waals surface area (Å²) in [6.45, 7) is 1.71. The highest BCUT2D eigenvalue weighted by molar-refractivity contribution is 7.80. The summed E-state index contributed by atoms with van der Waals surface area (Å²) in [6.07, 6.45) is 2.84. The fourth-order valence-corrected chi connectivity index (χ4v) is 2.02. The van der Waals surface area contributed by atoms with Crippen molar-refractivity contribution in [2.24, 2.45) is 5.73 Å². The average Bonchev–Trinajstić information content (AvgIpc) is 2.77. The van der Waals surface area contributed by atoms with Crippen molar-refractivity contribution in [3.63, 3.8) is 0 Å². The highest BCUT2D eigenvalue weighted by Crippen LogP contribution is 2.22. The van der Waals surface area contributed by atoms with Gasteiger partial charge in [-0.2, -0.15) is 5.10 Å². The van der Waals surface area contributed by atoms with Gasteiger partial charge < -0.3 is 15.4 Å². The Balaban J connectivity index is 2.24. The van der Waals surface area contributed by atoms with Crippen LogP contribution in [0.4, 0.5) is 5.82 Å². The van der Waals surface area contributed by atoms with Gasteiger partial charge in [0, 0.05) is 20.2 Å². The molecule has 0 bridgehead atoms. The highest BCUT2D eigenvalue weighted by atomic mass is 32.1. The van der Waals surface area contributed by atoms with Gasteiger partial charge in [0.15, 0.2) is 5.82 Å². The molecule has 1 aromatic heterocycles. The molecule has 86 valence electrons. The second-order valence-corrected chi connectivity index (χ2v) is 4.16. The van der Waals surface area contributed by atoms with E-state index < -0.39 is 0 Å². The molecule has 0 spiro atoms. The Labute approximate surface area is 99.6 Å². The van der Waals surface area contributed by atoms with Crippen LogP contribution >= 0.6 is 12.2 Å². The maximum absolute atomic E-state index is 5.66. The van der Waals surface area contributed by atoms with E-state index in [4.69, 9.17) is 22.7 Å². The smallest absolute Gasteiger partial charge is 0.161 e. The standard InChI is InChI=1S/C10H14N4OS/c1-15-7-3-5-14(6-7)10-8(9(11)16)2-4-12-13-10/h2,4,7H,3,5-6H2,1H3,(H2,11,16). The molecule has 1 aliphatic heterocycles. The lowest BCUT2D eigenvalue weighted by molar-refractivity contribution is 0.121. The summed E-state index contributed by atoms with van der Waals surface area (Å²) in [4.78, 5) is 2.46. The summed E-state index contributed by atoms with van der Waals surface area (Å²) < 4.78 is 5.31. The number of nitrogens with two attached hydrogens (primary N) is 1. The molecule has 1 fully saturated rings. The molecule has 0 saturated carbocycles. The van der Waals surface area contributed by atoms with E-state index in [1.807, 2.05) is 0 Å². The molecule has 2 rings (SSSR count). The molecule has 2 heterocycles. The van der Waals surface area contributed by atoms with E-state index in [1.54, 1.807) is 19.4 Å². The molecule has 1 unspecified atom stereocenters. The van der Waals surface area contributed by atoms with E-state index in [0.29, 0.717) is 4.99 Å². The maximum atomic E-state index is 5.66. The predicted octanol–water partition coefficient (Wildman–Crippen LogP) is 0.336.